The zero-order chi connectivity index (χ0) is 19.9. The van der Waals surface area contributed by atoms with Crippen molar-refractivity contribution in [1.82, 2.24) is 20.1 Å². The standard InChI is InChI=1S/C19H25FN4O3S/c1-13(11-26-2)24-17(12-27-15-8-4-3-7-14(15)20)22-23-19(24)28-16-9-5-6-10-21-18(16)25/h3-4,7-8,13,16H,5-6,9-12H2,1-2H3,(H,21,25)/t13-,16+/m0/s1. The summed E-state index contributed by atoms with van der Waals surface area (Å²) in [7, 11) is 1.63. The SMILES string of the molecule is COC[C@H](C)n1c(COc2ccccc2F)nnc1S[C@@H]1CCCCNC1=O. The molecule has 1 aliphatic heterocycles. The van der Waals surface area contributed by atoms with Crippen molar-refractivity contribution in [3.05, 3.63) is 35.9 Å². The molecule has 3 rings (SSSR count). The van der Waals surface area contributed by atoms with E-state index in [1.54, 1.807) is 25.3 Å². The van der Waals surface area contributed by atoms with Gasteiger partial charge in [-0.25, -0.2) is 4.39 Å². The third-order valence-corrected chi connectivity index (χ3v) is 5.73. The minimum Gasteiger partial charge on any atom is -0.483 e. The van der Waals surface area contributed by atoms with Crippen molar-refractivity contribution in [1.29, 1.82) is 0 Å². The number of thioether (sulfide) groups is 1. The van der Waals surface area contributed by atoms with Crippen molar-refractivity contribution in [3.8, 4) is 5.75 Å². The summed E-state index contributed by atoms with van der Waals surface area (Å²) in [6, 6.07) is 6.18. The van der Waals surface area contributed by atoms with Gasteiger partial charge >= 0.3 is 0 Å². The monoisotopic (exact) mass is 408 g/mol. The summed E-state index contributed by atoms with van der Waals surface area (Å²) in [5.74, 6) is 0.321. The fourth-order valence-electron chi connectivity index (χ4n) is 3.10. The number of nitrogens with one attached hydrogen (secondary N) is 1. The number of hydrogen-bond donors (Lipinski definition) is 1. The van der Waals surface area contributed by atoms with Crippen LogP contribution in [0.2, 0.25) is 0 Å². The largest absolute Gasteiger partial charge is 0.483 e. The van der Waals surface area contributed by atoms with Gasteiger partial charge in [0.1, 0.15) is 6.61 Å². The van der Waals surface area contributed by atoms with Gasteiger partial charge in [0.15, 0.2) is 22.5 Å². The fraction of sp³-hybridized carbons (Fsp3) is 0.526. The molecular formula is C19H25FN4O3S. The highest BCUT2D eigenvalue weighted by Crippen LogP contribution is 2.30. The Hall–Kier alpha value is -2.13. The van der Waals surface area contributed by atoms with Crippen LogP contribution in [0.15, 0.2) is 29.4 Å². The van der Waals surface area contributed by atoms with Gasteiger partial charge in [0.2, 0.25) is 5.91 Å². The summed E-state index contributed by atoms with van der Waals surface area (Å²) in [6.07, 6.45) is 2.77. The minimum absolute atomic E-state index is 0.0283. The van der Waals surface area contributed by atoms with Crippen molar-refractivity contribution in [2.75, 3.05) is 20.3 Å². The van der Waals surface area contributed by atoms with E-state index in [4.69, 9.17) is 9.47 Å². The molecule has 0 spiro atoms. The molecule has 0 aliphatic carbocycles. The second kappa shape index (κ2) is 9.88. The van der Waals surface area contributed by atoms with Crippen LogP contribution in [-0.2, 0) is 16.1 Å². The number of ether oxygens (including phenoxy) is 2. The molecule has 0 bridgehead atoms. The topological polar surface area (TPSA) is 78.3 Å². The van der Waals surface area contributed by atoms with E-state index in [9.17, 15) is 9.18 Å². The van der Waals surface area contributed by atoms with Crippen molar-refractivity contribution in [2.45, 2.75) is 49.2 Å². The maximum absolute atomic E-state index is 13.8. The molecule has 0 unspecified atom stereocenters. The van der Waals surface area contributed by atoms with Crippen LogP contribution >= 0.6 is 11.8 Å². The Kier molecular flexibility index (Phi) is 7.27. The van der Waals surface area contributed by atoms with Crippen LogP contribution < -0.4 is 10.1 Å². The molecule has 1 aromatic heterocycles. The lowest BCUT2D eigenvalue weighted by Crippen LogP contribution is -2.31. The number of amides is 1. The summed E-state index contributed by atoms with van der Waals surface area (Å²) in [5, 5.41) is 11.9. The minimum atomic E-state index is -0.428. The number of hydrogen-bond acceptors (Lipinski definition) is 6. The molecule has 1 saturated heterocycles. The molecule has 1 aromatic carbocycles. The van der Waals surface area contributed by atoms with Gasteiger partial charge in [-0.2, -0.15) is 0 Å². The van der Waals surface area contributed by atoms with E-state index in [-0.39, 0.29) is 29.6 Å². The Morgan fingerprint density at radius 1 is 1.36 bits per heavy atom. The van der Waals surface area contributed by atoms with Crippen LogP contribution in [0, 0.1) is 5.82 Å². The van der Waals surface area contributed by atoms with Gasteiger partial charge in [-0.1, -0.05) is 30.3 Å². The van der Waals surface area contributed by atoms with Crippen LogP contribution in [0.25, 0.3) is 0 Å². The lowest BCUT2D eigenvalue weighted by atomic mass is 10.2. The quantitative estimate of drug-likeness (QED) is 0.724. The van der Waals surface area contributed by atoms with Crippen LogP contribution in [0.3, 0.4) is 0 Å². The van der Waals surface area contributed by atoms with E-state index >= 15 is 0 Å². The number of para-hydroxylation sites is 1. The van der Waals surface area contributed by atoms with Gasteiger partial charge in [-0.3, -0.25) is 9.36 Å². The van der Waals surface area contributed by atoms with Crippen molar-refractivity contribution < 1.29 is 18.7 Å². The van der Waals surface area contributed by atoms with E-state index in [0.717, 1.165) is 19.3 Å². The second-order valence-corrected chi connectivity index (χ2v) is 7.86. The molecule has 152 valence electrons. The normalized spacial score (nSPS) is 18.4. The molecular weight excluding hydrogens is 383 g/mol. The predicted octanol–water partition coefficient (Wildman–Crippen LogP) is 2.96. The molecule has 28 heavy (non-hydrogen) atoms. The average molecular weight is 408 g/mol. The molecule has 0 radical (unpaired) electrons. The third kappa shape index (κ3) is 5.02. The highest BCUT2D eigenvalue weighted by atomic mass is 32.2. The molecule has 0 saturated carbocycles. The maximum Gasteiger partial charge on any atom is 0.233 e. The van der Waals surface area contributed by atoms with Crippen LogP contribution in [0.1, 0.15) is 38.1 Å². The zero-order valence-corrected chi connectivity index (χ0v) is 16.9. The van der Waals surface area contributed by atoms with E-state index in [2.05, 4.69) is 15.5 Å². The smallest absolute Gasteiger partial charge is 0.233 e. The lowest BCUT2D eigenvalue weighted by molar-refractivity contribution is -0.120. The highest BCUT2D eigenvalue weighted by molar-refractivity contribution is 8.00. The van der Waals surface area contributed by atoms with E-state index in [0.29, 0.717) is 24.1 Å². The van der Waals surface area contributed by atoms with E-state index < -0.39 is 5.82 Å². The van der Waals surface area contributed by atoms with Crippen LogP contribution in [0.5, 0.6) is 5.75 Å². The summed E-state index contributed by atoms with van der Waals surface area (Å²) in [5.41, 5.74) is 0. The number of benzene rings is 1. The third-order valence-electron chi connectivity index (χ3n) is 4.51. The number of nitrogens with zero attached hydrogens (tertiary/aromatic N) is 3. The Balaban J connectivity index is 1.80. The van der Waals surface area contributed by atoms with Gasteiger partial charge in [0, 0.05) is 13.7 Å². The van der Waals surface area contributed by atoms with Crippen molar-refractivity contribution in [2.24, 2.45) is 0 Å². The summed E-state index contributed by atoms with van der Waals surface area (Å²) in [4.78, 5) is 12.3. The first kappa shape index (κ1) is 20.6. The number of carbonyl (C=O) groups is 1. The molecule has 7 nitrogen and oxygen atoms in total. The van der Waals surface area contributed by atoms with E-state index in [1.165, 1.54) is 17.8 Å². The van der Waals surface area contributed by atoms with Crippen molar-refractivity contribution in [3.63, 3.8) is 0 Å². The zero-order valence-electron chi connectivity index (χ0n) is 16.1. The Bertz CT molecular complexity index is 801. The molecule has 1 aliphatic rings. The average Bonchev–Trinajstić information content (AvgIpc) is 2.97. The van der Waals surface area contributed by atoms with E-state index in [1.807, 2.05) is 11.5 Å². The van der Waals surface area contributed by atoms with Gasteiger partial charge in [-0.05, 0) is 31.9 Å². The van der Waals surface area contributed by atoms with Gasteiger partial charge < -0.3 is 14.8 Å². The lowest BCUT2D eigenvalue weighted by Gasteiger charge is -2.19. The summed E-state index contributed by atoms with van der Waals surface area (Å²) >= 11 is 1.40. The van der Waals surface area contributed by atoms with Gasteiger partial charge in [-0.15, -0.1) is 10.2 Å². The molecule has 9 heteroatoms. The van der Waals surface area contributed by atoms with Crippen LogP contribution in [0.4, 0.5) is 4.39 Å². The van der Waals surface area contributed by atoms with Crippen molar-refractivity contribution >= 4 is 17.7 Å². The maximum atomic E-state index is 13.8. The molecule has 1 fully saturated rings. The Labute approximate surface area is 168 Å². The molecule has 2 heterocycles. The van der Waals surface area contributed by atoms with Crippen LogP contribution in [-0.4, -0.2) is 46.2 Å². The first-order chi connectivity index (χ1) is 13.6. The molecule has 1 amide bonds. The molecule has 2 aromatic rings. The number of methoxy groups -OCH3 is 1. The summed E-state index contributed by atoms with van der Waals surface area (Å²) in [6.45, 7) is 3.22. The predicted molar refractivity (Wildman–Crippen MR) is 104 cm³/mol. The molecule has 1 N–H and O–H groups in total. The summed E-state index contributed by atoms with van der Waals surface area (Å²) < 4.78 is 26.6. The second-order valence-electron chi connectivity index (χ2n) is 6.69. The number of aromatic nitrogens is 3. The van der Waals surface area contributed by atoms with Gasteiger partial charge in [0.05, 0.1) is 17.9 Å². The highest BCUT2D eigenvalue weighted by Gasteiger charge is 2.27. The number of rotatable bonds is 8. The Morgan fingerprint density at radius 2 is 2.18 bits per heavy atom. The first-order valence-electron chi connectivity index (χ1n) is 9.34. The number of carbonyl (C=O) groups excluding carboxylic acids is 1. The molecule has 2 atom stereocenters. The van der Waals surface area contributed by atoms with Gasteiger partial charge in [0.25, 0.3) is 0 Å². The first-order valence-corrected chi connectivity index (χ1v) is 10.2. The number of halogens is 1. The Morgan fingerprint density at radius 3 is 2.96 bits per heavy atom. The fourth-order valence-corrected chi connectivity index (χ4v) is 4.32.